The number of allylic oxidation sites excluding steroid dienone is 1. The number of hydrogen-bond donors (Lipinski definition) is 3. The number of benzene rings is 2. The normalized spacial score (nSPS) is 16.4. The highest BCUT2D eigenvalue weighted by Gasteiger charge is 2.31. The van der Waals surface area contributed by atoms with Crippen LogP contribution >= 0.6 is 0 Å². The Morgan fingerprint density at radius 3 is 2.37 bits per heavy atom. The van der Waals surface area contributed by atoms with Crippen LogP contribution in [0.1, 0.15) is 18.5 Å². The number of nitrogens with zero attached hydrogens (tertiary/aromatic N) is 1. The molecule has 0 saturated carbocycles. The standard InChI is InChI=1S/C18H15FN4O4/c1-10-15(17(24)21-13-6-8-14(9-7-13)23(26)27)16(22-18(25)20-10)11-2-4-12(19)5-3-11/h2-9,16H,1H3,(H,21,24)(H2,20,22,25)/t16-/m0/s1. The zero-order chi connectivity index (χ0) is 19.6. The molecule has 9 heteroatoms. The van der Waals surface area contributed by atoms with Gasteiger partial charge in [0.15, 0.2) is 0 Å². The first-order valence-corrected chi connectivity index (χ1v) is 7.94. The van der Waals surface area contributed by atoms with Gasteiger partial charge in [-0.3, -0.25) is 14.9 Å². The summed E-state index contributed by atoms with van der Waals surface area (Å²) in [5, 5.41) is 18.5. The lowest BCUT2D eigenvalue weighted by Crippen LogP contribution is -2.45. The van der Waals surface area contributed by atoms with Crippen LogP contribution in [0.2, 0.25) is 0 Å². The molecular weight excluding hydrogens is 355 g/mol. The quantitative estimate of drug-likeness (QED) is 0.567. The molecule has 3 rings (SSSR count). The number of nitrogens with one attached hydrogen (secondary N) is 3. The van der Waals surface area contributed by atoms with Crippen LogP contribution in [-0.4, -0.2) is 16.9 Å². The lowest BCUT2D eigenvalue weighted by Gasteiger charge is -2.28. The summed E-state index contributed by atoms with van der Waals surface area (Å²) in [6.07, 6.45) is 0. The first-order valence-electron chi connectivity index (χ1n) is 7.94. The van der Waals surface area contributed by atoms with Gasteiger partial charge < -0.3 is 16.0 Å². The molecule has 0 bridgehead atoms. The summed E-state index contributed by atoms with van der Waals surface area (Å²) in [6, 6.07) is 9.57. The number of nitro groups is 1. The lowest BCUT2D eigenvalue weighted by molar-refractivity contribution is -0.384. The zero-order valence-electron chi connectivity index (χ0n) is 14.2. The Labute approximate surface area is 153 Å². The average Bonchev–Trinajstić information content (AvgIpc) is 2.62. The van der Waals surface area contributed by atoms with Gasteiger partial charge in [-0.15, -0.1) is 0 Å². The Balaban J connectivity index is 1.89. The van der Waals surface area contributed by atoms with Gasteiger partial charge in [-0.05, 0) is 36.8 Å². The maximum absolute atomic E-state index is 13.2. The van der Waals surface area contributed by atoms with Gasteiger partial charge >= 0.3 is 6.03 Å². The fraction of sp³-hybridized carbons (Fsp3) is 0.111. The average molecular weight is 370 g/mol. The molecule has 27 heavy (non-hydrogen) atoms. The minimum Gasteiger partial charge on any atom is -0.327 e. The van der Waals surface area contributed by atoms with Gasteiger partial charge in [-0.1, -0.05) is 12.1 Å². The van der Waals surface area contributed by atoms with Crippen molar-refractivity contribution in [2.24, 2.45) is 0 Å². The second-order valence-corrected chi connectivity index (χ2v) is 5.88. The number of amides is 3. The molecule has 1 atom stereocenters. The van der Waals surface area contributed by atoms with E-state index in [2.05, 4.69) is 16.0 Å². The predicted molar refractivity (Wildman–Crippen MR) is 95.2 cm³/mol. The Morgan fingerprint density at radius 2 is 1.78 bits per heavy atom. The molecule has 0 saturated heterocycles. The van der Waals surface area contributed by atoms with Crippen molar-refractivity contribution in [2.75, 3.05) is 5.32 Å². The number of urea groups is 1. The third-order valence-corrected chi connectivity index (χ3v) is 4.05. The minimum absolute atomic E-state index is 0.0980. The highest BCUT2D eigenvalue weighted by Crippen LogP contribution is 2.28. The van der Waals surface area contributed by atoms with E-state index in [0.717, 1.165) is 0 Å². The van der Waals surface area contributed by atoms with Gasteiger partial charge in [0.1, 0.15) is 5.82 Å². The number of non-ortho nitro benzene ring substituents is 1. The van der Waals surface area contributed by atoms with Crippen molar-refractivity contribution in [2.45, 2.75) is 13.0 Å². The molecule has 3 amide bonds. The topological polar surface area (TPSA) is 113 Å². The molecule has 3 N–H and O–H groups in total. The predicted octanol–water partition coefficient (Wildman–Crippen LogP) is 3.00. The summed E-state index contributed by atoms with van der Waals surface area (Å²) >= 11 is 0. The lowest BCUT2D eigenvalue weighted by atomic mass is 9.95. The van der Waals surface area contributed by atoms with Crippen molar-refractivity contribution in [3.05, 3.63) is 81.3 Å². The van der Waals surface area contributed by atoms with E-state index in [9.17, 15) is 24.1 Å². The van der Waals surface area contributed by atoms with Crippen LogP contribution < -0.4 is 16.0 Å². The monoisotopic (exact) mass is 370 g/mol. The smallest absolute Gasteiger partial charge is 0.319 e. The van der Waals surface area contributed by atoms with Crippen LogP contribution in [-0.2, 0) is 4.79 Å². The van der Waals surface area contributed by atoms with Crippen LogP contribution in [0.15, 0.2) is 59.8 Å². The summed E-state index contributed by atoms with van der Waals surface area (Å²) in [5.41, 5.74) is 1.41. The Morgan fingerprint density at radius 1 is 1.15 bits per heavy atom. The first-order chi connectivity index (χ1) is 12.8. The molecule has 0 aromatic heterocycles. The number of carbonyl (C=O) groups is 2. The van der Waals surface area contributed by atoms with Gasteiger partial charge in [0.05, 0.1) is 16.5 Å². The number of carbonyl (C=O) groups excluding carboxylic acids is 2. The molecule has 138 valence electrons. The molecule has 8 nitrogen and oxygen atoms in total. The number of hydrogen-bond acceptors (Lipinski definition) is 4. The van der Waals surface area contributed by atoms with Crippen molar-refractivity contribution in [1.29, 1.82) is 0 Å². The van der Waals surface area contributed by atoms with E-state index in [1.165, 1.54) is 48.5 Å². The number of halogens is 1. The van der Waals surface area contributed by atoms with E-state index < -0.39 is 28.7 Å². The van der Waals surface area contributed by atoms with Crippen molar-refractivity contribution in [3.8, 4) is 0 Å². The molecule has 0 fully saturated rings. The highest BCUT2D eigenvalue weighted by molar-refractivity contribution is 6.06. The number of rotatable bonds is 4. The van der Waals surface area contributed by atoms with Gasteiger partial charge in [0, 0.05) is 23.5 Å². The van der Waals surface area contributed by atoms with Crippen molar-refractivity contribution < 1.29 is 18.9 Å². The van der Waals surface area contributed by atoms with Gasteiger partial charge in [-0.2, -0.15) is 0 Å². The largest absolute Gasteiger partial charge is 0.327 e. The van der Waals surface area contributed by atoms with Crippen LogP contribution in [0.3, 0.4) is 0 Å². The van der Waals surface area contributed by atoms with E-state index in [0.29, 0.717) is 16.9 Å². The van der Waals surface area contributed by atoms with Gasteiger partial charge in [0.2, 0.25) is 0 Å². The van der Waals surface area contributed by atoms with Crippen LogP contribution in [0.5, 0.6) is 0 Å². The second kappa shape index (κ2) is 7.24. The molecule has 0 radical (unpaired) electrons. The first kappa shape index (κ1) is 18.1. The van der Waals surface area contributed by atoms with Crippen LogP contribution in [0.25, 0.3) is 0 Å². The van der Waals surface area contributed by atoms with E-state index in [4.69, 9.17) is 0 Å². The third kappa shape index (κ3) is 3.92. The van der Waals surface area contributed by atoms with Crippen LogP contribution in [0, 0.1) is 15.9 Å². The zero-order valence-corrected chi connectivity index (χ0v) is 14.2. The molecular formula is C18H15FN4O4. The molecule has 2 aromatic carbocycles. The Hall–Kier alpha value is -3.75. The second-order valence-electron chi connectivity index (χ2n) is 5.88. The number of nitro benzene ring substituents is 1. The summed E-state index contributed by atoms with van der Waals surface area (Å²) in [6.45, 7) is 1.58. The highest BCUT2D eigenvalue weighted by atomic mass is 19.1. The summed E-state index contributed by atoms with van der Waals surface area (Å²) in [4.78, 5) is 34.8. The molecule has 0 aliphatic carbocycles. The van der Waals surface area contributed by atoms with Crippen LogP contribution in [0.4, 0.5) is 20.6 Å². The minimum atomic E-state index is -0.766. The molecule has 1 aliphatic rings. The van der Waals surface area contributed by atoms with E-state index in [1.807, 2.05) is 0 Å². The van der Waals surface area contributed by atoms with E-state index in [-0.39, 0.29) is 11.3 Å². The molecule has 0 unspecified atom stereocenters. The van der Waals surface area contributed by atoms with Crippen molar-refractivity contribution in [3.63, 3.8) is 0 Å². The molecule has 2 aromatic rings. The van der Waals surface area contributed by atoms with Gasteiger partial charge in [-0.25, -0.2) is 9.18 Å². The molecule has 1 aliphatic heterocycles. The summed E-state index contributed by atoms with van der Waals surface area (Å²) < 4.78 is 13.2. The maximum atomic E-state index is 13.2. The van der Waals surface area contributed by atoms with Gasteiger partial charge in [0.25, 0.3) is 11.6 Å². The SMILES string of the molecule is CC1=C(C(=O)Nc2ccc([N+](=O)[O-])cc2)[C@H](c2ccc(F)cc2)NC(=O)N1. The maximum Gasteiger partial charge on any atom is 0.319 e. The third-order valence-electron chi connectivity index (χ3n) is 4.05. The van der Waals surface area contributed by atoms with E-state index >= 15 is 0 Å². The Kier molecular flexibility index (Phi) is 4.84. The fourth-order valence-electron chi connectivity index (χ4n) is 2.77. The molecule has 0 spiro atoms. The van der Waals surface area contributed by atoms with Crippen molar-refractivity contribution in [1.82, 2.24) is 10.6 Å². The molecule has 1 heterocycles. The summed E-state index contributed by atoms with van der Waals surface area (Å²) in [7, 11) is 0. The van der Waals surface area contributed by atoms with E-state index in [1.54, 1.807) is 6.92 Å². The number of anilines is 1. The Bertz CT molecular complexity index is 939. The fourth-order valence-corrected chi connectivity index (χ4v) is 2.77. The summed E-state index contributed by atoms with van der Waals surface area (Å²) in [5.74, 6) is -0.931. The van der Waals surface area contributed by atoms with Crippen molar-refractivity contribution >= 4 is 23.3 Å².